The highest BCUT2D eigenvalue weighted by atomic mass is 32.1. The summed E-state index contributed by atoms with van der Waals surface area (Å²) in [6.45, 7) is 0. The van der Waals surface area contributed by atoms with Crippen LogP contribution in [0.25, 0.3) is 32.3 Å². The number of fused-ring (bicyclic) bond motifs is 1. The third-order valence-electron chi connectivity index (χ3n) is 4.88. The van der Waals surface area contributed by atoms with E-state index in [2.05, 4.69) is 9.97 Å². The second-order valence-corrected chi connectivity index (χ2v) is 8.83. The zero-order valence-corrected chi connectivity index (χ0v) is 17.7. The van der Waals surface area contributed by atoms with Crippen LogP contribution in [0, 0.1) is 0 Å². The molecule has 0 spiro atoms. The second kappa shape index (κ2) is 7.60. The number of aliphatic hydroxyl groups is 1. The van der Waals surface area contributed by atoms with Gasteiger partial charge in [-0.3, -0.25) is 0 Å². The normalized spacial score (nSPS) is 12.5. The maximum Gasteiger partial charge on any atom is 0.154 e. The number of hydrogen-bond acceptors (Lipinski definition) is 8. The number of benzene rings is 1. The molecule has 7 nitrogen and oxygen atoms in total. The Morgan fingerprint density at radius 3 is 2.67 bits per heavy atom. The van der Waals surface area contributed by atoms with Crippen molar-refractivity contribution in [3.05, 3.63) is 64.9 Å². The van der Waals surface area contributed by atoms with Crippen LogP contribution < -0.4 is 5.73 Å². The summed E-state index contributed by atoms with van der Waals surface area (Å²) in [7, 11) is 1.91. The van der Waals surface area contributed by atoms with E-state index in [1.165, 1.54) is 17.7 Å². The maximum atomic E-state index is 11.0. The number of nitrogens with two attached hydrogens (primary N) is 1. The Morgan fingerprint density at radius 1 is 1.10 bits per heavy atom. The third-order valence-corrected chi connectivity index (χ3v) is 6.74. The van der Waals surface area contributed by atoms with E-state index in [-0.39, 0.29) is 0 Å². The van der Waals surface area contributed by atoms with E-state index in [0.717, 1.165) is 31.7 Å². The molecule has 0 amide bonds. The number of thiazole rings is 1. The minimum Gasteiger partial charge on any atom is -0.385 e. The van der Waals surface area contributed by atoms with Crippen LogP contribution in [0.2, 0.25) is 0 Å². The first-order valence-electron chi connectivity index (χ1n) is 9.31. The van der Waals surface area contributed by atoms with Gasteiger partial charge in [0.2, 0.25) is 0 Å². The Balaban J connectivity index is 1.68. The van der Waals surface area contributed by atoms with Crippen molar-refractivity contribution in [2.24, 2.45) is 7.05 Å². The predicted molar refractivity (Wildman–Crippen MR) is 120 cm³/mol. The zero-order valence-electron chi connectivity index (χ0n) is 16.1. The van der Waals surface area contributed by atoms with Crippen LogP contribution in [0.1, 0.15) is 16.8 Å². The molecule has 4 aromatic heterocycles. The number of anilines is 1. The molecule has 0 aliphatic heterocycles. The Labute approximate surface area is 180 Å². The van der Waals surface area contributed by atoms with Gasteiger partial charge >= 0.3 is 0 Å². The van der Waals surface area contributed by atoms with Crippen LogP contribution in [0.4, 0.5) is 5.82 Å². The van der Waals surface area contributed by atoms with Crippen molar-refractivity contribution in [2.45, 2.75) is 12.5 Å². The van der Waals surface area contributed by atoms with Gasteiger partial charge in [0.15, 0.2) is 5.82 Å². The van der Waals surface area contributed by atoms with Crippen LogP contribution in [-0.2, 0) is 13.5 Å². The quantitative estimate of drug-likeness (QED) is 0.432. The molecule has 150 valence electrons. The molecule has 3 N–H and O–H groups in total. The Kier molecular flexibility index (Phi) is 4.78. The molecule has 5 rings (SSSR count). The van der Waals surface area contributed by atoms with Crippen molar-refractivity contribution in [3.8, 4) is 22.0 Å². The lowest BCUT2D eigenvalue weighted by Crippen LogP contribution is -2.08. The average molecular weight is 435 g/mol. The molecule has 1 unspecified atom stereocenters. The number of aliphatic hydroxyl groups excluding tert-OH is 1. The highest BCUT2D eigenvalue weighted by molar-refractivity contribution is 7.21. The fourth-order valence-corrected chi connectivity index (χ4v) is 5.18. The summed E-state index contributed by atoms with van der Waals surface area (Å²) in [6.07, 6.45) is 1.22. The van der Waals surface area contributed by atoms with Gasteiger partial charge < -0.3 is 15.4 Å². The van der Waals surface area contributed by atoms with E-state index >= 15 is 0 Å². The van der Waals surface area contributed by atoms with Gasteiger partial charge in [0.05, 0.1) is 5.69 Å². The molecule has 30 heavy (non-hydrogen) atoms. The number of aromatic nitrogens is 5. The Bertz CT molecular complexity index is 1310. The van der Waals surface area contributed by atoms with Crippen molar-refractivity contribution < 1.29 is 5.11 Å². The van der Waals surface area contributed by atoms with E-state index in [9.17, 15) is 5.11 Å². The zero-order chi connectivity index (χ0) is 20.7. The monoisotopic (exact) mass is 434 g/mol. The molecular formula is C21H18N6OS2. The summed E-state index contributed by atoms with van der Waals surface area (Å²) in [5, 5.41) is 13.7. The van der Waals surface area contributed by atoms with Crippen molar-refractivity contribution in [2.75, 3.05) is 5.73 Å². The molecule has 0 radical (unpaired) electrons. The van der Waals surface area contributed by atoms with Gasteiger partial charge in [0, 0.05) is 23.9 Å². The summed E-state index contributed by atoms with van der Waals surface area (Å²) in [4.78, 5) is 19.7. The van der Waals surface area contributed by atoms with Crippen LogP contribution in [0.15, 0.2) is 54.2 Å². The molecule has 9 heteroatoms. The largest absolute Gasteiger partial charge is 0.385 e. The van der Waals surface area contributed by atoms with Crippen LogP contribution in [0.5, 0.6) is 0 Å². The standard InChI is InChI=1S/C21H18N6OS2/c1-27-17(21-26-16-18(22)23-11-24-20(16)30-21)15(12-6-3-2-4-7-12)25-19(27)14(28)10-13-8-5-9-29-13/h2-9,11,14,28H,10H2,1H3,(H2,22,23,24). The third kappa shape index (κ3) is 3.26. The molecule has 5 aromatic rings. The van der Waals surface area contributed by atoms with Gasteiger partial charge in [-0.15, -0.1) is 11.3 Å². The predicted octanol–water partition coefficient (Wildman–Crippen LogP) is 4.07. The number of nitrogens with zero attached hydrogens (tertiary/aromatic N) is 5. The molecule has 0 saturated heterocycles. The average Bonchev–Trinajstić information content (AvgIpc) is 3.47. The summed E-state index contributed by atoms with van der Waals surface area (Å²) in [6, 6.07) is 13.9. The van der Waals surface area contributed by atoms with E-state index < -0.39 is 6.10 Å². The van der Waals surface area contributed by atoms with E-state index in [1.54, 1.807) is 11.3 Å². The van der Waals surface area contributed by atoms with Crippen LogP contribution in [0.3, 0.4) is 0 Å². The number of hydrogen-bond donors (Lipinski definition) is 2. The van der Waals surface area contributed by atoms with Crippen molar-refractivity contribution >= 4 is 38.8 Å². The SMILES string of the molecule is Cn1c(C(O)Cc2cccs2)nc(-c2ccccc2)c1-c1nc2c(N)ncnc2s1. The fourth-order valence-electron chi connectivity index (χ4n) is 3.44. The van der Waals surface area contributed by atoms with Crippen molar-refractivity contribution in [3.63, 3.8) is 0 Å². The lowest BCUT2D eigenvalue weighted by molar-refractivity contribution is 0.166. The number of imidazole rings is 1. The van der Waals surface area contributed by atoms with Crippen LogP contribution in [-0.4, -0.2) is 29.6 Å². The molecule has 0 saturated carbocycles. The maximum absolute atomic E-state index is 11.0. The number of thiophene rings is 1. The fraction of sp³-hybridized carbons (Fsp3) is 0.143. The summed E-state index contributed by atoms with van der Waals surface area (Å²) in [5.41, 5.74) is 9.12. The van der Waals surface area contributed by atoms with Gasteiger partial charge in [0.1, 0.15) is 39.3 Å². The first-order chi connectivity index (χ1) is 14.6. The summed E-state index contributed by atoms with van der Waals surface area (Å²) >= 11 is 3.06. The molecule has 0 fully saturated rings. The molecular weight excluding hydrogens is 416 g/mol. The topological polar surface area (TPSA) is 103 Å². The number of nitrogen functional groups attached to an aromatic ring is 1. The number of rotatable bonds is 5. The molecule has 1 atom stereocenters. The summed E-state index contributed by atoms with van der Waals surface area (Å²) < 4.78 is 1.92. The first kappa shape index (κ1) is 18.9. The van der Waals surface area contributed by atoms with Crippen LogP contribution >= 0.6 is 22.7 Å². The minimum absolute atomic E-state index is 0.351. The van der Waals surface area contributed by atoms with Gasteiger partial charge in [-0.2, -0.15) is 0 Å². The van der Waals surface area contributed by atoms with Gasteiger partial charge in [0.25, 0.3) is 0 Å². The Morgan fingerprint density at radius 2 is 1.93 bits per heavy atom. The van der Waals surface area contributed by atoms with Gasteiger partial charge in [-0.25, -0.2) is 19.9 Å². The smallest absolute Gasteiger partial charge is 0.154 e. The molecule has 0 bridgehead atoms. The lowest BCUT2D eigenvalue weighted by atomic mass is 10.1. The van der Waals surface area contributed by atoms with Gasteiger partial charge in [-0.05, 0) is 11.4 Å². The van der Waals surface area contributed by atoms with E-state index in [4.69, 9.17) is 15.7 Å². The van der Waals surface area contributed by atoms with E-state index in [0.29, 0.717) is 23.6 Å². The van der Waals surface area contributed by atoms with E-state index in [1.807, 2.05) is 59.5 Å². The first-order valence-corrected chi connectivity index (χ1v) is 11.0. The molecule has 0 aliphatic rings. The molecule has 0 aliphatic carbocycles. The molecule has 1 aromatic carbocycles. The highest BCUT2D eigenvalue weighted by Gasteiger charge is 2.25. The second-order valence-electron chi connectivity index (χ2n) is 6.82. The Hall–Kier alpha value is -3.14. The molecule has 4 heterocycles. The lowest BCUT2D eigenvalue weighted by Gasteiger charge is -2.10. The highest BCUT2D eigenvalue weighted by Crippen LogP contribution is 2.38. The van der Waals surface area contributed by atoms with Gasteiger partial charge in [-0.1, -0.05) is 47.7 Å². The summed E-state index contributed by atoms with van der Waals surface area (Å²) in [5.74, 6) is 0.944. The minimum atomic E-state index is -0.732. The van der Waals surface area contributed by atoms with Crippen molar-refractivity contribution in [1.29, 1.82) is 0 Å². The van der Waals surface area contributed by atoms with Crippen molar-refractivity contribution in [1.82, 2.24) is 24.5 Å².